The van der Waals surface area contributed by atoms with E-state index in [1.54, 1.807) is 36.3 Å². The molecule has 0 saturated heterocycles. The molecule has 3 rings (SSSR count). The van der Waals surface area contributed by atoms with Crippen molar-refractivity contribution in [1.29, 1.82) is 5.41 Å². The van der Waals surface area contributed by atoms with Gasteiger partial charge in [-0.3, -0.25) is 19.8 Å². The summed E-state index contributed by atoms with van der Waals surface area (Å²) in [7, 11) is 3.09. The van der Waals surface area contributed by atoms with Crippen LogP contribution in [0.3, 0.4) is 0 Å². The van der Waals surface area contributed by atoms with Crippen LogP contribution in [-0.4, -0.2) is 62.2 Å². The van der Waals surface area contributed by atoms with Crippen LogP contribution in [0.4, 0.5) is 0 Å². The van der Waals surface area contributed by atoms with E-state index in [1.165, 1.54) is 7.05 Å². The first-order valence-electron chi connectivity index (χ1n) is 12.9. The minimum atomic E-state index is -0.408. The minimum Gasteiger partial charge on any atom is -0.493 e. The third kappa shape index (κ3) is 6.68. The second-order valence-corrected chi connectivity index (χ2v) is 10.4. The van der Waals surface area contributed by atoms with E-state index in [2.05, 4.69) is 5.32 Å². The zero-order valence-corrected chi connectivity index (χ0v) is 23.5. The van der Waals surface area contributed by atoms with E-state index in [1.807, 2.05) is 27.7 Å². The van der Waals surface area contributed by atoms with E-state index >= 15 is 0 Å². The number of rotatable bonds is 12. The molecule has 0 radical (unpaired) electrons. The number of nitrogens with zero attached hydrogens (tertiary/aromatic N) is 1. The molecule has 39 heavy (non-hydrogen) atoms. The fraction of sp³-hybridized carbons (Fsp3) is 0.448. The number of hydrogen-bond donors (Lipinski definition) is 3. The number of methoxy groups -OCH3 is 1. The van der Waals surface area contributed by atoms with Gasteiger partial charge in [0, 0.05) is 36.7 Å². The summed E-state index contributed by atoms with van der Waals surface area (Å²) < 4.78 is 17.3. The number of nitrogens with one attached hydrogen (secondary N) is 2. The molecule has 10 nitrogen and oxygen atoms in total. The number of amides is 2. The van der Waals surface area contributed by atoms with Crippen molar-refractivity contribution in [3.63, 3.8) is 0 Å². The lowest BCUT2D eigenvalue weighted by atomic mass is 9.84. The molecule has 4 N–H and O–H groups in total. The Morgan fingerprint density at radius 3 is 2.41 bits per heavy atom. The van der Waals surface area contributed by atoms with Gasteiger partial charge in [-0.25, -0.2) is 0 Å². The minimum absolute atomic E-state index is 0.0379. The molecule has 1 heterocycles. The first kappa shape index (κ1) is 29.5. The van der Waals surface area contributed by atoms with Gasteiger partial charge in [-0.15, -0.1) is 0 Å². The third-order valence-corrected chi connectivity index (χ3v) is 6.46. The van der Waals surface area contributed by atoms with Crippen LogP contribution in [0.25, 0.3) is 0 Å². The number of ether oxygens (including phenoxy) is 3. The Bertz CT molecular complexity index is 1280. The number of amidine groups is 1. The summed E-state index contributed by atoms with van der Waals surface area (Å²) in [6, 6.07) is 6.87. The topological polar surface area (TPSA) is 144 Å². The van der Waals surface area contributed by atoms with Crippen LogP contribution < -0.4 is 25.3 Å². The van der Waals surface area contributed by atoms with Crippen molar-refractivity contribution < 1.29 is 28.6 Å². The summed E-state index contributed by atoms with van der Waals surface area (Å²) in [5.41, 5.74) is 7.86. The predicted molar refractivity (Wildman–Crippen MR) is 148 cm³/mol. The Balaban J connectivity index is 1.90. The van der Waals surface area contributed by atoms with E-state index in [0.717, 1.165) is 11.1 Å². The SMILES string of the molecule is CCOc1cc2c(cc1C(=O)NC)C(=N)N(CC(=O)c1cc(OCCCC(N)=O)c(OC)c(C(C)(C)C)c1)C2. The Morgan fingerprint density at radius 1 is 1.10 bits per heavy atom. The molecule has 1 aliphatic heterocycles. The van der Waals surface area contributed by atoms with Gasteiger partial charge in [-0.1, -0.05) is 20.8 Å². The van der Waals surface area contributed by atoms with Gasteiger partial charge in [0.05, 0.1) is 32.4 Å². The summed E-state index contributed by atoms with van der Waals surface area (Å²) >= 11 is 0. The lowest BCUT2D eigenvalue weighted by Gasteiger charge is -2.25. The van der Waals surface area contributed by atoms with Crippen LogP contribution in [0.5, 0.6) is 17.2 Å². The maximum Gasteiger partial charge on any atom is 0.254 e. The smallest absolute Gasteiger partial charge is 0.254 e. The van der Waals surface area contributed by atoms with Crippen LogP contribution >= 0.6 is 0 Å². The highest BCUT2D eigenvalue weighted by atomic mass is 16.5. The summed E-state index contributed by atoms with van der Waals surface area (Å²) in [6.07, 6.45) is 0.629. The van der Waals surface area contributed by atoms with Crippen LogP contribution in [-0.2, 0) is 16.8 Å². The molecule has 0 atom stereocenters. The highest BCUT2D eigenvalue weighted by Crippen LogP contribution is 2.40. The Labute approximate surface area is 229 Å². The van der Waals surface area contributed by atoms with Gasteiger partial charge in [-0.05, 0) is 48.6 Å². The lowest BCUT2D eigenvalue weighted by Crippen LogP contribution is -2.30. The molecule has 2 aromatic carbocycles. The Kier molecular flexibility index (Phi) is 9.21. The van der Waals surface area contributed by atoms with Crippen molar-refractivity contribution in [3.05, 3.63) is 52.1 Å². The second kappa shape index (κ2) is 12.2. The lowest BCUT2D eigenvalue weighted by molar-refractivity contribution is -0.118. The molecular formula is C29H38N4O6. The van der Waals surface area contributed by atoms with Crippen molar-refractivity contribution >= 4 is 23.4 Å². The van der Waals surface area contributed by atoms with Crippen LogP contribution in [0.1, 0.15) is 77.9 Å². The van der Waals surface area contributed by atoms with E-state index in [0.29, 0.717) is 53.5 Å². The molecule has 0 saturated carbocycles. The highest BCUT2D eigenvalue weighted by Gasteiger charge is 2.30. The molecule has 2 aromatic rings. The number of nitrogens with two attached hydrogens (primary N) is 1. The average molecular weight is 539 g/mol. The number of carbonyl (C=O) groups is 3. The average Bonchev–Trinajstić information content (AvgIpc) is 3.18. The zero-order valence-electron chi connectivity index (χ0n) is 23.5. The number of ketones is 1. The summed E-state index contributed by atoms with van der Waals surface area (Å²) in [4.78, 5) is 38.7. The van der Waals surface area contributed by atoms with Crippen LogP contribution in [0, 0.1) is 5.41 Å². The predicted octanol–water partition coefficient (Wildman–Crippen LogP) is 3.42. The maximum atomic E-state index is 13.6. The number of fused-ring (bicyclic) bond motifs is 1. The van der Waals surface area contributed by atoms with E-state index < -0.39 is 5.91 Å². The number of benzene rings is 2. The molecular weight excluding hydrogens is 500 g/mol. The van der Waals surface area contributed by atoms with Crippen LogP contribution in [0.15, 0.2) is 24.3 Å². The van der Waals surface area contributed by atoms with Crippen molar-refractivity contribution in [3.8, 4) is 17.2 Å². The number of primary amides is 1. The van der Waals surface area contributed by atoms with Crippen LogP contribution in [0.2, 0.25) is 0 Å². The van der Waals surface area contributed by atoms with Gasteiger partial charge >= 0.3 is 0 Å². The molecule has 0 fully saturated rings. The molecule has 0 spiro atoms. The van der Waals surface area contributed by atoms with Crippen molar-refractivity contribution in [2.45, 2.75) is 52.5 Å². The monoisotopic (exact) mass is 538 g/mol. The van der Waals surface area contributed by atoms with Gasteiger partial charge in [-0.2, -0.15) is 0 Å². The number of hydrogen-bond acceptors (Lipinski definition) is 7. The molecule has 10 heteroatoms. The summed E-state index contributed by atoms with van der Waals surface area (Å²) in [6.45, 7) is 8.82. The molecule has 0 aromatic heterocycles. The number of Topliss-reactive ketones (excluding diaryl/α,β-unsaturated/α-hetero) is 1. The molecule has 0 unspecified atom stereocenters. The van der Waals surface area contributed by atoms with Gasteiger partial charge in [0.1, 0.15) is 11.6 Å². The number of carbonyl (C=O) groups excluding carboxylic acids is 3. The largest absolute Gasteiger partial charge is 0.493 e. The normalized spacial score (nSPS) is 12.7. The highest BCUT2D eigenvalue weighted by molar-refractivity contribution is 6.07. The zero-order chi connectivity index (χ0) is 28.9. The third-order valence-electron chi connectivity index (χ3n) is 6.46. The van der Waals surface area contributed by atoms with E-state index in [4.69, 9.17) is 25.4 Å². The first-order chi connectivity index (χ1) is 18.4. The fourth-order valence-electron chi connectivity index (χ4n) is 4.48. The standard InChI is InChI=1S/C29H38N4O6/c1-7-38-23-13-18-15-33(27(31)19(18)14-20(23)28(36)32-5)16-22(34)17-11-21(29(2,3)4)26(37-6)24(12-17)39-10-8-9-25(30)35/h11-14,31H,7-10,15-16H2,1-6H3,(H2,30,35)(H,32,36). The molecule has 0 aliphatic carbocycles. The second-order valence-electron chi connectivity index (χ2n) is 10.4. The van der Waals surface area contributed by atoms with Gasteiger partial charge in [0.25, 0.3) is 5.91 Å². The van der Waals surface area contributed by atoms with E-state index in [9.17, 15) is 14.4 Å². The van der Waals surface area contributed by atoms with Crippen molar-refractivity contribution in [1.82, 2.24) is 10.2 Å². The van der Waals surface area contributed by atoms with Crippen molar-refractivity contribution in [2.75, 3.05) is 33.9 Å². The molecule has 2 amide bonds. The molecule has 1 aliphatic rings. The summed E-state index contributed by atoms with van der Waals surface area (Å²) in [5.74, 6) is 0.645. The first-order valence-corrected chi connectivity index (χ1v) is 12.9. The maximum absolute atomic E-state index is 13.6. The van der Waals surface area contributed by atoms with Gasteiger partial charge in [0.2, 0.25) is 5.91 Å². The van der Waals surface area contributed by atoms with E-state index in [-0.39, 0.29) is 42.5 Å². The molecule has 0 bridgehead atoms. The Morgan fingerprint density at radius 2 is 1.82 bits per heavy atom. The van der Waals surface area contributed by atoms with Crippen molar-refractivity contribution in [2.24, 2.45) is 5.73 Å². The summed E-state index contributed by atoms with van der Waals surface area (Å²) in [5, 5.41) is 11.3. The fourth-order valence-corrected chi connectivity index (χ4v) is 4.48. The quantitative estimate of drug-likeness (QED) is 0.277. The van der Waals surface area contributed by atoms with Gasteiger partial charge < -0.3 is 30.2 Å². The Hall–Kier alpha value is -4.08. The van der Waals surface area contributed by atoms with Gasteiger partial charge in [0.15, 0.2) is 17.3 Å². The molecule has 210 valence electrons.